The highest BCUT2D eigenvalue weighted by Crippen LogP contribution is 2.31. The summed E-state index contributed by atoms with van der Waals surface area (Å²) in [6.07, 6.45) is 9.11. The fraction of sp³-hybridized carbons (Fsp3) is 0.727. The molecule has 1 aromatic rings. The quantitative estimate of drug-likeness (QED) is 0.789. The number of aryl methyl sites for hydroxylation is 2. The molecule has 0 saturated heterocycles. The van der Waals surface area contributed by atoms with Gasteiger partial charge in [-0.25, -0.2) is 4.98 Å². The van der Waals surface area contributed by atoms with E-state index >= 15 is 0 Å². The predicted molar refractivity (Wildman–Crippen MR) is 54.9 cm³/mol. The van der Waals surface area contributed by atoms with E-state index in [9.17, 15) is 5.11 Å². The minimum Gasteiger partial charge on any atom is -0.393 e. The molecule has 1 atom stereocenters. The van der Waals surface area contributed by atoms with Crippen molar-refractivity contribution in [3.63, 3.8) is 0 Å². The van der Waals surface area contributed by atoms with E-state index < -0.39 is 0 Å². The first-order valence-corrected chi connectivity index (χ1v) is 5.41. The van der Waals surface area contributed by atoms with Crippen molar-refractivity contribution in [2.45, 2.75) is 38.2 Å². The first-order valence-electron chi connectivity index (χ1n) is 5.41. The molecule has 1 saturated carbocycles. The number of hydrogen-bond acceptors (Lipinski definition) is 2. The number of aliphatic hydroxyl groups is 1. The van der Waals surface area contributed by atoms with Gasteiger partial charge in [-0.3, -0.25) is 0 Å². The molecular formula is C11H18N2O. The van der Waals surface area contributed by atoms with E-state index in [-0.39, 0.29) is 6.10 Å². The number of hydrogen-bond donors (Lipinski definition) is 1. The molecule has 1 aliphatic carbocycles. The predicted octanol–water partition coefficient (Wildman–Crippen LogP) is 1.51. The lowest BCUT2D eigenvalue weighted by Gasteiger charge is -2.30. The molecule has 14 heavy (non-hydrogen) atoms. The molecule has 0 bridgehead atoms. The molecule has 0 radical (unpaired) electrons. The molecule has 0 aromatic carbocycles. The van der Waals surface area contributed by atoms with Crippen LogP contribution >= 0.6 is 0 Å². The molecule has 3 nitrogen and oxygen atoms in total. The second-order valence-electron chi connectivity index (χ2n) is 4.25. The summed E-state index contributed by atoms with van der Waals surface area (Å²) in [6.45, 7) is 0. The van der Waals surface area contributed by atoms with E-state index in [1.807, 2.05) is 24.0 Å². The molecular weight excluding hydrogens is 176 g/mol. The minimum absolute atomic E-state index is 0.111. The monoisotopic (exact) mass is 194 g/mol. The van der Waals surface area contributed by atoms with Crippen LogP contribution in [0.25, 0.3) is 0 Å². The van der Waals surface area contributed by atoms with Crippen LogP contribution in [-0.4, -0.2) is 20.8 Å². The van der Waals surface area contributed by atoms with Gasteiger partial charge >= 0.3 is 0 Å². The number of rotatable bonds is 4. The van der Waals surface area contributed by atoms with Gasteiger partial charge in [0.2, 0.25) is 0 Å². The van der Waals surface area contributed by atoms with E-state index in [1.165, 1.54) is 19.3 Å². The Hall–Kier alpha value is -0.830. The zero-order valence-electron chi connectivity index (χ0n) is 8.69. The molecule has 1 N–H and O–H groups in total. The van der Waals surface area contributed by atoms with Gasteiger partial charge in [-0.05, 0) is 25.2 Å². The van der Waals surface area contributed by atoms with Crippen molar-refractivity contribution in [1.29, 1.82) is 0 Å². The lowest BCUT2D eigenvalue weighted by atomic mass is 9.80. The SMILES string of the molecule is Cn1ccnc1CCC(O)C1CCC1. The summed E-state index contributed by atoms with van der Waals surface area (Å²) in [6, 6.07) is 0. The normalized spacial score (nSPS) is 19.3. The zero-order chi connectivity index (χ0) is 9.97. The molecule has 1 fully saturated rings. The van der Waals surface area contributed by atoms with Crippen molar-refractivity contribution in [2.24, 2.45) is 13.0 Å². The second kappa shape index (κ2) is 4.13. The summed E-state index contributed by atoms with van der Waals surface area (Å²) >= 11 is 0. The summed E-state index contributed by atoms with van der Waals surface area (Å²) in [5.74, 6) is 1.64. The van der Waals surface area contributed by atoms with Crippen LogP contribution in [0.2, 0.25) is 0 Å². The minimum atomic E-state index is -0.111. The molecule has 0 aliphatic heterocycles. The Morgan fingerprint density at radius 2 is 2.43 bits per heavy atom. The van der Waals surface area contributed by atoms with Gasteiger partial charge in [0.1, 0.15) is 5.82 Å². The summed E-state index contributed by atoms with van der Waals surface area (Å²) in [5, 5.41) is 9.82. The lowest BCUT2D eigenvalue weighted by molar-refractivity contribution is 0.0555. The number of aromatic nitrogens is 2. The zero-order valence-corrected chi connectivity index (χ0v) is 8.69. The number of aliphatic hydroxyl groups excluding tert-OH is 1. The van der Waals surface area contributed by atoms with E-state index in [1.54, 1.807) is 0 Å². The smallest absolute Gasteiger partial charge is 0.108 e. The summed E-state index contributed by atoms with van der Waals surface area (Å²) in [7, 11) is 2.00. The van der Waals surface area contributed by atoms with Gasteiger partial charge in [-0.15, -0.1) is 0 Å². The van der Waals surface area contributed by atoms with Gasteiger partial charge in [-0.1, -0.05) is 6.42 Å². The van der Waals surface area contributed by atoms with Crippen molar-refractivity contribution in [1.82, 2.24) is 9.55 Å². The number of imidazole rings is 1. The summed E-state index contributed by atoms with van der Waals surface area (Å²) < 4.78 is 2.02. The van der Waals surface area contributed by atoms with Gasteiger partial charge in [0.25, 0.3) is 0 Å². The van der Waals surface area contributed by atoms with Crippen LogP contribution in [0.1, 0.15) is 31.5 Å². The Morgan fingerprint density at radius 1 is 1.64 bits per heavy atom. The van der Waals surface area contributed by atoms with Gasteiger partial charge in [0.05, 0.1) is 6.10 Å². The molecule has 0 amide bonds. The molecule has 1 unspecified atom stereocenters. The highest BCUT2D eigenvalue weighted by Gasteiger charge is 2.25. The maximum atomic E-state index is 9.82. The Balaban J connectivity index is 1.79. The van der Waals surface area contributed by atoms with Gasteiger partial charge < -0.3 is 9.67 Å². The Kier molecular flexibility index (Phi) is 2.87. The van der Waals surface area contributed by atoms with Crippen molar-refractivity contribution in [2.75, 3.05) is 0 Å². The fourth-order valence-electron chi connectivity index (χ4n) is 1.97. The van der Waals surface area contributed by atoms with Crippen molar-refractivity contribution in [3.8, 4) is 0 Å². The highest BCUT2D eigenvalue weighted by molar-refractivity contribution is 4.92. The van der Waals surface area contributed by atoms with Crippen LogP contribution in [-0.2, 0) is 13.5 Å². The van der Waals surface area contributed by atoms with Crippen molar-refractivity contribution in [3.05, 3.63) is 18.2 Å². The Bertz CT molecular complexity index is 291. The van der Waals surface area contributed by atoms with Crippen LogP contribution in [0.4, 0.5) is 0 Å². The number of nitrogens with zero attached hydrogens (tertiary/aromatic N) is 2. The highest BCUT2D eigenvalue weighted by atomic mass is 16.3. The summed E-state index contributed by atoms with van der Waals surface area (Å²) in [4.78, 5) is 4.24. The summed E-state index contributed by atoms with van der Waals surface area (Å²) in [5.41, 5.74) is 0. The second-order valence-corrected chi connectivity index (χ2v) is 4.25. The van der Waals surface area contributed by atoms with Gasteiger partial charge in [0, 0.05) is 25.9 Å². The lowest BCUT2D eigenvalue weighted by Crippen LogP contribution is -2.27. The van der Waals surface area contributed by atoms with Crippen LogP contribution in [0, 0.1) is 5.92 Å². The topological polar surface area (TPSA) is 38.0 Å². The third-order valence-corrected chi connectivity index (χ3v) is 3.28. The van der Waals surface area contributed by atoms with Crippen LogP contribution in [0.15, 0.2) is 12.4 Å². The van der Waals surface area contributed by atoms with Crippen LogP contribution in [0.3, 0.4) is 0 Å². The maximum absolute atomic E-state index is 9.82. The molecule has 1 aromatic heterocycles. The third kappa shape index (κ3) is 1.98. The molecule has 1 heterocycles. The Labute approximate surface area is 84.8 Å². The van der Waals surface area contributed by atoms with Gasteiger partial charge in [0.15, 0.2) is 0 Å². The van der Waals surface area contributed by atoms with E-state index in [4.69, 9.17) is 0 Å². The van der Waals surface area contributed by atoms with Crippen molar-refractivity contribution < 1.29 is 5.11 Å². The molecule has 2 rings (SSSR count). The van der Waals surface area contributed by atoms with Crippen LogP contribution in [0.5, 0.6) is 0 Å². The fourth-order valence-corrected chi connectivity index (χ4v) is 1.97. The average Bonchev–Trinajstić information content (AvgIpc) is 2.44. The molecule has 0 spiro atoms. The van der Waals surface area contributed by atoms with E-state index in [2.05, 4.69) is 4.98 Å². The average molecular weight is 194 g/mol. The molecule has 1 aliphatic rings. The largest absolute Gasteiger partial charge is 0.393 e. The van der Waals surface area contributed by atoms with Crippen molar-refractivity contribution >= 4 is 0 Å². The Morgan fingerprint density at radius 3 is 2.93 bits per heavy atom. The van der Waals surface area contributed by atoms with Crippen LogP contribution < -0.4 is 0 Å². The maximum Gasteiger partial charge on any atom is 0.108 e. The third-order valence-electron chi connectivity index (χ3n) is 3.28. The van der Waals surface area contributed by atoms with E-state index in [0.717, 1.165) is 18.7 Å². The first kappa shape index (κ1) is 9.71. The first-order chi connectivity index (χ1) is 6.77. The van der Waals surface area contributed by atoms with Gasteiger partial charge in [-0.2, -0.15) is 0 Å². The standard InChI is InChI=1S/C11H18N2O/c1-13-8-7-12-11(13)6-5-10(14)9-3-2-4-9/h7-10,14H,2-6H2,1H3. The molecule has 78 valence electrons. The molecule has 3 heteroatoms. The van der Waals surface area contributed by atoms with E-state index in [0.29, 0.717) is 5.92 Å².